The number of para-hydroxylation sites is 2. The molecule has 2 N–H and O–H groups in total. The van der Waals surface area contributed by atoms with Gasteiger partial charge in [-0.3, -0.25) is 19.8 Å². The van der Waals surface area contributed by atoms with E-state index in [4.69, 9.17) is 0 Å². The second-order valence-corrected chi connectivity index (χ2v) is 5.42. The van der Waals surface area contributed by atoms with Crippen LogP contribution in [0.25, 0.3) is 0 Å². The van der Waals surface area contributed by atoms with E-state index in [9.17, 15) is 20.0 Å². The number of amides is 1. The van der Waals surface area contributed by atoms with Crippen molar-refractivity contribution < 1.29 is 14.8 Å². The lowest BCUT2D eigenvalue weighted by atomic mass is 10.2. The summed E-state index contributed by atoms with van der Waals surface area (Å²) in [6.45, 7) is 0.505. The van der Waals surface area contributed by atoms with Gasteiger partial charge in [-0.05, 0) is 31.9 Å². The van der Waals surface area contributed by atoms with E-state index < -0.39 is 11.0 Å². The number of nitrogens with one attached hydrogen (secondary N) is 1. The second-order valence-electron chi connectivity index (χ2n) is 5.42. The number of rotatable bonds is 7. The fraction of sp³-hybridized carbons (Fsp3) is 0.500. The van der Waals surface area contributed by atoms with Gasteiger partial charge in [0, 0.05) is 12.6 Å². The van der Waals surface area contributed by atoms with Crippen molar-refractivity contribution in [3.05, 3.63) is 34.4 Å². The van der Waals surface area contributed by atoms with Crippen LogP contribution < -0.4 is 5.32 Å². The fourth-order valence-electron chi connectivity index (χ4n) is 2.19. The smallest absolute Gasteiger partial charge is 0.292 e. The molecule has 1 fully saturated rings. The first-order chi connectivity index (χ1) is 9.97. The fourth-order valence-corrected chi connectivity index (χ4v) is 2.19. The summed E-state index contributed by atoms with van der Waals surface area (Å²) in [5.41, 5.74) is 0.0511. The predicted octanol–water partition coefficient (Wildman–Crippen LogP) is 1.24. The number of anilines is 1. The Bertz CT molecular complexity index is 531. The number of carbonyl (C=O) groups is 1. The molecule has 0 aliphatic heterocycles. The van der Waals surface area contributed by atoms with Crippen molar-refractivity contribution in [2.75, 3.05) is 25.5 Å². The van der Waals surface area contributed by atoms with E-state index in [2.05, 4.69) is 5.32 Å². The number of benzene rings is 1. The Morgan fingerprint density at radius 3 is 2.81 bits per heavy atom. The van der Waals surface area contributed by atoms with Gasteiger partial charge in [0.05, 0.1) is 17.6 Å². The zero-order chi connectivity index (χ0) is 15.4. The Labute approximate surface area is 122 Å². The quantitative estimate of drug-likeness (QED) is 0.582. The molecule has 1 saturated carbocycles. The third kappa shape index (κ3) is 4.51. The van der Waals surface area contributed by atoms with Crippen LogP contribution >= 0.6 is 0 Å². The molecule has 0 aromatic heterocycles. The molecule has 1 aliphatic rings. The van der Waals surface area contributed by atoms with Gasteiger partial charge in [-0.1, -0.05) is 12.1 Å². The minimum absolute atomic E-state index is 0.0792. The molecule has 7 nitrogen and oxygen atoms in total. The highest BCUT2D eigenvalue weighted by Gasteiger charge is 2.30. The summed E-state index contributed by atoms with van der Waals surface area (Å²) in [5, 5.41) is 23.2. The Hall–Kier alpha value is -1.99. The summed E-state index contributed by atoms with van der Waals surface area (Å²) in [4.78, 5) is 24.0. The van der Waals surface area contributed by atoms with Crippen molar-refractivity contribution >= 4 is 17.3 Å². The number of aliphatic hydroxyl groups is 1. The van der Waals surface area contributed by atoms with Gasteiger partial charge in [-0.2, -0.15) is 0 Å². The van der Waals surface area contributed by atoms with E-state index in [0.717, 1.165) is 12.8 Å². The largest absolute Gasteiger partial charge is 0.392 e. The van der Waals surface area contributed by atoms with E-state index in [0.29, 0.717) is 12.5 Å². The van der Waals surface area contributed by atoms with Gasteiger partial charge >= 0.3 is 0 Å². The van der Waals surface area contributed by atoms with Crippen molar-refractivity contribution in [2.24, 2.45) is 5.92 Å². The molecule has 1 atom stereocenters. The van der Waals surface area contributed by atoms with Crippen LogP contribution in [-0.4, -0.2) is 47.1 Å². The van der Waals surface area contributed by atoms with Crippen LogP contribution in [0.3, 0.4) is 0 Å². The van der Waals surface area contributed by atoms with Gasteiger partial charge < -0.3 is 10.4 Å². The van der Waals surface area contributed by atoms with Crippen LogP contribution in [0.4, 0.5) is 11.4 Å². The monoisotopic (exact) mass is 293 g/mol. The average Bonchev–Trinajstić information content (AvgIpc) is 3.22. The number of nitrogens with zero attached hydrogens (tertiary/aromatic N) is 2. The van der Waals surface area contributed by atoms with E-state index in [1.165, 1.54) is 12.1 Å². The van der Waals surface area contributed by atoms with Gasteiger partial charge in [0.15, 0.2) is 0 Å². The number of carbonyl (C=O) groups excluding carboxylic acids is 1. The summed E-state index contributed by atoms with van der Waals surface area (Å²) in [7, 11) is 1.74. The standard InChI is InChI=1S/C14H19N3O4/c1-16(8-13(18)10-6-7-10)9-14(19)15-11-4-2-3-5-12(11)17(20)21/h2-5,10,13,18H,6-9H2,1H3,(H,15,19). The van der Waals surface area contributed by atoms with Gasteiger partial charge in [-0.15, -0.1) is 0 Å². The first-order valence-corrected chi connectivity index (χ1v) is 6.87. The van der Waals surface area contributed by atoms with E-state index in [-0.39, 0.29) is 23.8 Å². The molecule has 1 unspecified atom stereocenters. The molecule has 1 aromatic carbocycles. The minimum atomic E-state index is -0.532. The zero-order valence-corrected chi connectivity index (χ0v) is 11.9. The number of aliphatic hydroxyl groups excluding tert-OH is 1. The van der Waals surface area contributed by atoms with Gasteiger partial charge in [-0.25, -0.2) is 0 Å². The van der Waals surface area contributed by atoms with E-state index >= 15 is 0 Å². The first-order valence-electron chi connectivity index (χ1n) is 6.87. The van der Waals surface area contributed by atoms with Crippen LogP contribution in [0.15, 0.2) is 24.3 Å². The molecule has 114 valence electrons. The van der Waals surface area contributed by atoms with Crippen molar-refractivity contribution in [1.29, 1.82) is 0 Å². The summed E-state index contributed by atoms with van der Waals surface area (Å²) < 4.78 is 0. The zero-order valence-electron chi connectivity index (χ0n) is 11.9. The van der Waals surface area contributed by atoms with E-state index in [1.807, 2.05) is 0 Å². The maximum atomic E-state index is 11.9. The van der Waals surface area contributed by atoms with Crippen LogP contribution in [0.2, 0.25) is 0 Å². The molecule has 0 saturated heterocycles. The summed E-state index contributed by atoms with van der Waals surface area (Å²) in [6, 6.07) is 6.01. The molecular weight excluding hydrogens is 274 g/mol. The number of hydrogen-bond acceptors (Lipinski definition) is 5. The Morgan fingerprint density at radius 1 is 1.52 bits per heavy atom. The molecule has 0 heterocycles. The lowest BCUT2D eigenvalue weighted by Gasteiger charge is -2.19. The van der Waals surface area contributed by atoms with Gasteiger partial charge in [0.2, 0.25) is 5.91 Å². The summed E-state index contributed by atoms with van der Waals surface area (Å²) in [5.74, 6) is 0.0144. The molecule has 0 bridgehead atoms. The highest BCUT2D eigenvalue weighted by atomic mass is 16.6. The molecule has 2 rings (SSSR count). The molecule has 0 spiro atoms. The first kappa shape index (κ1) is 15.4. The molecule has 1 aromatic rings. The average molecular weight is 293 g/mol. The Kier molecular flexibility index (Phi) is 4.87. The lowest BCUT2D eigenvalue weighted by molar-refractivity contribution is -0.383. The van der Waals surface area contributed by atoms with E-state index in [1.54, 1.807) is 24.1 Å². The SMILES string of the molecule is CN(CC(=O)Nc1ccccc1[N+](=O)[O-])CC(O)C1CC1. The van der Waals surface area contributed by atoms with Crippen molar-refractivity contribution in [1.82, 2.24) is 4.90 Å². The molecular formula is C14H19N3O4. The van der Waals surface area contributed by atoms with Crippen molar-refractivity contribution in [3.8, 4) is 0 Å². The minimum Gasteiger partial charge on any atom is -0.392 e. The lowest BCUT2D eigenvalue weighted by Crippen LogP contribution is -2.36. The number of hydrogen-bond donors (Lipinski definition) is 2. The normalized spacial score (nSPS) is 15.8. The van der Waals surface area contributed by atoms with Crippen molar-refractivity contribution in [2.45, 2.75) is 18.9 Å². The number of nitro groups is 1. The molecule has 1 aliphatic carbocycles. The molecule has 7 heteroatoms. The topological polar surface area (TPSA) is 95.7 Å². The molecule has 0 radical (unpaired) electrons. The summed E-state index contributed by atoms with van der Waals surface area (Å²) in [6.07, 6.45) is 1.67. The van der Waals surface area contributed by atoms with Crippen LogP contribution in [0.5, 0.6) is 0 Å². The number of nitro benzene ring substituents is 1. The van der Waals surface area contributed by atoms with Crippen LogP contribution in [0, 0.1) is 16.0 Å². The van der Waals surface area contributed by atoms with Crippen LogP contribution in [0.1, 0.15) is 12.8 Å². The van der Waals surface area contributed by atoms with Crippen LogP contribution in [-0.2, 0) is 4.79 Å². The molecule has 21 heavy (non-hydrogen) atoms. The predicted molar refractivity (Wildman–Crippen MR) is 78.0 cm³/mol. The number of likely N-dealkylation sites (N-methyl/N-ethyl adjacent to an activating group) is 1. The Morgan fingerprint density at radius 2 is 2.19 bits per heavy atom. The molecule has 1 amide bonds. The van der Waals surface area contributed by atoms with Gasteiger partial charge in [0.1, 0.15) is 5.69 Å². The Balaban J connectivity index is 1.87. The maximum absolute atomic E-state index is 11.9. The second kappa shape index (κ2) is 6.64. The van der Waals surface area contributed by atoms with Crippen molar-refractivity contribution in [3.63, 3.8) is 0 Å². The highest BCUT2D eigenvalue weighted by molar-refractivity contribution is 5.94. The summed E-state index contributed by atoms with van der Waals surface area (Å²) >= 11 is 0. The van der Waals surface area contributed by atoms with Gasteiger partial charge in [0.25, 0.3) is 5.69 Å². The third-order valence-electron chi connectivity index (χ3n) is 3.45. The highest BCUT2D eigenvalue weighted by Crippen LogP contribution is 2.32. The maximum Gasteiger partial charge on any atom is 0.292 e. The third-order valence-corrected chi connectivity index (χ3v) is 3.45.